The van der Waals surface area contributed by atoms with Crippen LogP contribution in [-0.4, -0.2) is 47.3 Å². The summed E-state index contributed by atoms with van der Waals surface area (Å²) in [5.41, 5.74) is 2.19. The molecule has 0 spiro atoms. The summed E-state index contributed by atoms with van der Waals surface area (Å²) in [5.74, 6) is 2.42. The van der Waals surface area contributed by atoms with Crippen LogP contribution in [0.25, 0.3) is 17.1 Å². The number of hydrogen-bond donors (Lipinski definition) is 1. The van der Waals surface area contributed by atoms with Gasteiger partial charge in [0.05, 0.1) is 32.3 Å². The van der Waals surface area contributed by atoms with Gasteiger partial charge in [-0.1, -0.05) is 35.5 Å². The zero-order valence-electron chi connectivity index (χ0n) is 20.0. The number of amides is 1. The van der Waals surface area contributed by atoms with E-state index >= 15 is 0 Å². The van der Waals surface area contributed by atoms with Crippen LogP contribution in [0.3, 0.4) is 0 Å². The Morgan fingerprint density at radius 1 is 1.00 bits per heavy atom. The molecule has 1 amide bonds. The first-order valence-corrected chi connectivity index (χ1v) is 12.5. The van der Waals surface area contributed by atoms with Gasteiger partial charge in [-0.25, -0.2) is 0 Å². The van der Waals surface area contributed by atoms with Crippen LogP contribution in [0.15, 0.2) is 71.9 Å². The molecular weight excluding hydrogens is 500 g/mol. The third kappa shape index (κ3) is 5.92. The van der Waals surface area contributed by atoms with E-state index in [4.69, 9.17) is 25.8 Å². The molecule has 36 heavy (non-hydrogen) atoms. The number of carbonyl (C=O) groups is 1. The fourth-order valence-electron chi connectivity index (χ4n) is 3.49. The lowest BCUT2D eigenvalue weighted by atomic mass is 10.2. The van der Waals surface area contributed by atoms with E-state index in [1.165, 1.54) is 18.9 Å². The first kappa shape index (κ1) is 25.4. The van der Waals surface area contributed by atoms with Gasteiger partial charge in [0.2, 0.25) is 5.91 Å². The Morgan fingerprint density at radius 3 is 2.47 bits per heavy atom. The second kappa shape index (κ2) is 11.8. The van der Waals surface area contributed by atoms with Crippen molar-refractivity contribution in [3.8, 4) is 34.3 Å². The fourth-order valence-corrected chi connectivity index (χ4v) is 4.43. The van der Waals surface area contributed by atoms with Crippen molar-refractivity contribution in [3.63, 3.8) is 0 Å². The zero-order chi connectivity index (χ0) is 25.5. The summed E-state index contributed by atoms with van der Waals surface area (Å²) in [4.78, 5) is 12.8. The molecule has 0 fully saturated rings. The van der Waals surface area contributed by atoms with Gasteiger partial charge in [0, 0.05) is 22.3 Å². The van der Waals surface area contributed by atoms with Crippen LogP contribution < -0.4 is 19.5 Å². The van der Waals surface area contributed by atoms with Crippen LogP contribution in [0.4, 0.5) is 5.69 Å². The van der Waals surface area contributed by atoms with Gasteiger partial charge in [-0.3, -0.25) is 9.36 Å². The Balaban J connectivity index is 1.59. The van der Waals surface area contributed by atoms with Crippen molar-refractivity contribution in [1.29, 1.82) is 0 Å². The first-order chi connectivity index (χ1) is 17.5. The molecule has 1 N–H and O–H groups in total. The number of anilines is 1. The SMILES string of the molecule is CCOc1ccc(-n2c(SCC(=O)Nc3ccc(OC)cc3OC)nnc2-c2cccc(Cl)c2)cc1. The molecule has 0 saturated carbocycles. The predicted octanol–water partition coefficient (Wildman–Crippen LogP) is 5.73. The van der Waals surface area contributed by atoms with E-state index in [9.17, 15) is 4.79 Å². The Kier molecular flexibility index (Phi) is 8.35. The Labute approximate surface area is 218 Å². The molecule has 186 valence electrons. The van der Waals surface area contributed by atoms with Crippen molar-refractivity contribution in [3.05, 3.63) is 71.8 Å². The summed E-state index contributed by atoms with van der Waals surface area (Å²) in [7, 11) is 3.11. The number of thioether (sulfide) groups is 1. The van der Waals surface area contributed by atoms with Gasteiger partial charge in [0.25, 0.3) is 0 Å². The lowest BCUT2D eigenvalue weighted by molar-refractivity contribution is -0.113. The number of nitrogens with one attached hydrogen (secondary N) is 1. The second-order valence-corrected chi connectivity index (χ2v) is 8.86. The quantitative estimate of drug-likeness (QED) is 0.265. The summed E-state index contributed by atoms with van der Waals surface area (Å²) >= 11 is 7.50. The summed E-state index contributed by atoms with van der Waals surface area (Å²) in [6.45, 7) is 2.52. The molecular formula is C26H25ClN4O4S. The molecule has 0 aliphatic heterocycles. The smallest absolute Gasteiger partial charge is 0.234 e. The van der Waals surface area contributed by atoms with Crippen LogP contribution in [0.2, 0.25) is 5.02 Å². The molecule has 0 bridgehead atoms. The lowest BCUT2D eigenvalue weighted by Gasteiger charge is -2.13. The predicted molar refractivity (Wildman–Crippen MR) is 142 cm³/mol. The summed E-state index contributed by atoms with van der Waals surface area (Å²) < 4.78 is 18.1. The van der Waals surface area contributed by atoms with Crippen LogP contribution in [0, 0.1) is 0 Å². The molecule has 3 aromatic carbocycles. The Bertz CT molecular complexity index is 1340. The van der Waals surface area contributed by atoms with Crippen molar-refractivity contribution in [2.75, 3.05) is 31.9 Å². The molecule has 0 unspecified atom stereocenters. The molecule has 4 aromatic rings. The van der Waals surface area contributed by atoms with Crippen molar-refractivity contribution in [1.82, 2.24) is 14.8 Å². The summed E-state index contributed by atoms with van der Waals surface area (Å²) in [6, 6.07) is 20.2. The lowest BCUT2D eigenvalue weighted by Crippen LogP contribution is -2.15. The molecule has 0 saturated heterocycles. The van der Waals surface area contributed by atoms with E-state index in [1.54, 1.807) is 31.4 Å². The molecule has 4 rings (SSSR count). The molecule has 8 nitrogen and oxygen atoms in total. The topological polar surface area (TPSA) is 87.5 Å². The van der Waals surface area contributed by atoms with Crippen molar-refractivity contribution >= 4 is 35.0 Å². The molecule has 0 aliphatic rings. The molecule has 1 aromatic heterocycles. The first-order valence-electron chi connectivity index (χ1n) is 11.1. The molecule has 0 radical (unpaired) electrons. The van der Waals surface area contributed by atoms with Gasteiger partial charge in [-0.15, -0.1) is 10.2 Å². The summed E-state index contributed by atoms with van der Waals surface area (Å²) in [6.07, 6.45) is 0. The number of nitrogens with zero attached hydrogens (tertiary/aromatic N) is 3. The van der Waals surface area contributed by atoms with Crippen molar-refractivity contribution in [2.45, 2.75) is 12.1 Å². The fraction of sp³-hybridized carbons (Fsp3) is 0.192. The van der Waals surface area contributed by atoms with Gasteiger partial charge < -0.3 is 19.5 Å². The molecule has 1 heterocycles. The van der Waals surface area contributed by atoms with E-state index in [-0.39, 0.29) is 11.7 Å². The van der Waals surface area contributed by atoms with Crippen LogP contribution >= 0.6 is 23.4 Å². The monoisotopic (exact) mass is 524 g/mol. The Hall–Kier alpha value is -3.69. The number of hydrogen-bond acceptors (Lipinski definition) is 7. The van der Waals surface area contributed by atoms with E-state index in [0.29, 0.717) is 39.8 Å². The van der Waals surface area contributed by atoms with E-state index in [0.717, 1.165) is 17.0 Å². The number of carbonyl (C=O) groups excluding carboxylic acids is 1. The number of ether oxygens (including phenoxy) is 3. The zero-order valence-corrected chi connectivity index (χ0v) is 21.6. The van der Waals surface area contributed by atoms with Crippen LogP contribution in [-0.2, 0) is 4.79 Å². The molecule has 0 aliphatic carbocycles. The average molecular weight is 525 g/mol. The molecule has 10 heteroatoms. The highest BCUT2D eigenvalue weighted by Gasteiger charge is 2.18. The van der Waals surface area contributed by atoms with Gasteiger partial charge in [-0.05, 0) is 55.5 Å². The minimum Gasteiger partial charge on any atom is -0.497 e. The number of aromatic nitrogens is 3. The largest absolute Gasteiger partial charge is 0.497 e. The summed E-state index contributed by atoms with van der Waals surface area (Å²) in [5, 5.41) is 12.8. The number of rotatable bonds is 10. The minimum absolute atomic E-state index is 0.111. The van der Waals surface area contributed by atoms with Gasteiger partial charge in [-0.2, -0.15) is 0 Å². The van der Waals surface area contributed by atoms with Crippen molar-refractivity contribution < 1.29 is 19.0 Å². The Morgan fingerprint density at radius 2 is 1.78 bits per heavy atom. The standard InChI is InChI=1S/C26H25ClN4O4S/c1-4-35-20-10-8-19(9-11-20)31-25(17-6-5-7-18(27)14-17)29-30-26(31)36-16-24(32)28-22-13-12-21(33-2)15-23(22)34-3/h5-15H,4,16H2,1-3H3,(H,28,32). The highest BCUT2D eigenvalue weighted by Crippen LogP contribution is 2.32. The third-order valence-corrected chi connectivity index (χ3v) is 6.30. The number of methoxy groups -OCH3 is 2. The van der Waals surface area contributed by atoms with Gasteiger partial charge in [0.1, 0.15) is 17.2 Å². The number of halogens is 1. The molecule has 0 atom stereocenters. The highest BCUT2D eigenvalue weighted by atomic mass is 35.5. The van der Waals surface area contributed by atoms with E-state index in [1.807, 2.05) is 54.0 Å². The van der Waals surface area contributed by atoms with Gasteiger partial charge >= 0.3 is 0 Å². The van der Waals surface area contributed by atoms with Crippen LogP contribution in [0.5, 0.6) is 17.2 Å². The van der Waals surface area contributed by atoms with E-state index in [2.05, 4.69) is 15.5 Å². The maximum absolute atomic E-state index is 12.8. The third-order valence-electron chi connectivity index (χ3n) is 5.14. The van der Waals surface area contributed by atoms with Crippen LogP contribution in [0.1, 0.15) is 6.92 Å². The number of benzene rings is 3. The highest BCUT2D eigenvalue weighted by molar-refractivity contribution is 7.99. The average Bonchev–Trinajstić information content (AvgIpc) is 3.32. The second-order valence-electron chi connectivity index (χ2n) is 7.48. The minimum atomic E-state index is -0.214. The maximum Gasteiger partial charge on any atom is 0.234 e. The maximum atomic E-state index is 12.8. The normalized spacial score (nSPS) is 10.7. The van der Waals surface area contributed by atoms with Crippen molar-refractivity contribution in [2.24, 2.45) is 0 Å². The van der Waals surface area contributed by atoms with E-state index < -0.39 is 0 Å². The van der Waals surface area contributed by atoms with Gasteiger partial charge in [0.15, 0.2) is 11.0 Å².